The number of carbonyl (C=O) groups excluding carboxylic acids is 1. The monoisotopic (exact) mass is 309 g/mol. The lowest BCUT2D eigenvalue weighted by atomic mass is 10.0. The molecule has 2 aromatic rings. The second-order valence-electron chi connectivity index (χ2n) is 6.55. The molecule has 1 amide bonds. The molecule has 0 spiro atoms. The quantitative estimate of drug-likeness (QED) is 0.865. The van der Waals surface area contributed by atoms with Gasteiger partial charge < -0.3 is 4.90 Å². The average molecular weight is 309 g/mol. The topological polar surface area (TPSA) is 38.1 Å². The van der Waals surface area contributed by atoms with Gasteiger partial charge in [-0.05, 0) is 37.8 Å². The van der Waals surface area contributed by atoms with Crippen LogP contribution in [0.1, 0.15) is 60.4 Å². The van der Waals surface area contributed by atoms with Crippen molar-refractivity contribution in [3.8, 4) is 0 Å². The summed E-state index contributed by atoms with van der Waals surface area (Å²) in [4.78, 5) is 14.8. The number of fused-ring (bicyclic) bond motifs is 1. The zero-order chi connectivity index (χ0) is 15.8. The summed E-state index contributed by atoms with van der Waals surface area (Å²) in [5.41, 5.74) is 4.13. The molecule has 1 saturated carbocycles. The highest BCUT2D eigenvalue weighted by Crippen LogP contribution is 2.34. The van der Waals surface area contributed by atoms with Crippen LogP contribution >= 0.6 is 0 Å². The van der Waals surface area contributed by atoms with Gasteiger partial charge in [-0.2, -0.15) is 5.10 Å². The van der Waals surface area contributed by atoms with E-state index in [1.165, 1.54) is 36.9 Å². The van der Waals surface area contributed by atoms with Crippen molar-refractivity contribution in [3.63, 3.8) is 0 Å². The van der Waals surface area contributed by atoms with Gasteiger partial charge in [-0.15, -0.1) is 0 Å². The number of nitrogens with zero attached hydrogens (tertiary/aromatic N) is 3. The second kappa shape index (κ2) is 5.84. The fourth-order valence-electron chi connectivity index (χ4n) is 4.07. The fraction of sp³-hybridized carbons (Fsp3) is 0.474. The van der Waals surface area contributed by atoms with Crippen molar-refractivity contribution in [2.75, 3.05) is 11.4 Å². The van der Waals surface area contributed by atoms with Crippen LogP contribution in [0.5, 0.6) is 0 Å². The van der Waals surface area contributed by atoms with E-state index in [4.69, 9.17) is 5.10 Å². The molecule has 1 aliphatic heterocycles. The Bertz CT molecular complexity index is 714. The predicted molar refractivity (Wildman–Crippen MR) is 90.9 cm³/mol. The van der Waals surface area contributed by atoms with Gasteiger partial charge in [0.1, 0.15) is 0 Å². The van der Waals surface area contributed by atoms with E-state index in [9.17, 15) is 4.79 Å². The van der Waals surface area contributed by atoms with Crippen LogP contribution in [-0.4, -0.2) is 22.2 Å². The minimum Gasteiger partial charge on any atom is -0.307 e. The molecule has 2 heterocycles. The molecule has 1 fully saturated rings. The average Bonchev–Trinajstić information content (AvgIpc) is 3.23. The van der Waals surface area contributed by atoms with E-state index < -0.39 is 0 Å². The van der Waals surface area contributed by atoms with E-state index in [-0.39, 0.29) is 5.91 Å². The standard InChI is InChI=1S/C19H23N3O/c1-2-17-16-12-13-21(14-8-4-3-5-9-14)19(23)18(16)20-22(17)15-10-6-7-11-15/h3-5,8-9,15H,2,6-7,10-13H2,1H3. The zero-order valence-corrected chi connectivity index (χ0v) is 13.7. The molecule has 0 saturated heterocycles. The zero-order valence-electron chi connectivity index (χ0n) is 13.7. The van der Waals surface area contributed by atoms with Gasteiger partial charge >= 0.3 is 0 Å². The molecule has 1 aromatic carbocycles. The summed E-state index contributed by atoms with van der Waals surface area (Å²) < 4.78 is 2.18. The maximum atomic E-state index is 13.0. The van der Waals surface area contributed by atoms with Gasteiger partial charge in [-0.3, -0.25) is 9.48 Å². The molecule has 0 unspecified atom stereocenters. The summed E-state index contributed by atoms with van der Waals surface area (Å²) in [7, 11) is 0. The van der Waals surface area contributed by atoms with Gasteiger partial charge in [0, 0.05) is 23.5 Å². The first-order chi connectivity index (χ1) is 11.3. The van der Waals surface area contributed by atoms with Crippen LogP contribution in [0.25, 0.3) is 0 Å². The summed E-state index contributed by atoms with van der Waals surface area (Å²) in [5.74, 6) is 0.0592. The minimum atomic E-state index is 0.0592. The van der Waals surface area contributed by atoms with Crippen molar-refractivity contribution in [3.05, 3.63) is 47.3 Å². The van der Waals surface area contributed by atoms with Crippen LogP contribution in [0.3, 0.4) is 0 Å². The van der Waals surface area contributed by atoms with E-state index in [2.05, 4.69) is 11.6 Å². The Hall–Kier alpha value is -2.10. The third kappa shape index (κ3) is 2.37. The normalized spacial score (nSPS) is 18.5. The van der Waals surface area contributed by atoms with Crippen molar-refractivity contribution in [1.82, 2.24) is 9.78 Å². The lowest BCUT2D eigenvalue weighted by Gasteiger charge is -2.26. The number of para-hydroxylation sites is 1. The number of benzene rings is 1. The van der Waals surface area contributed by atoms with Crippen LogP contribution in [-0.2, 0) is 12.8 Å². The molecule has 4 heteroatoms. The molecule has 0 bridgehead atoms. The Kier molecular flexibility index (Phi) is 3.68. The molecule has 1 aromatic heterocycles. The largest absolute Gasteiger partial charge is 0.307 e. The van der Waals surface area contributed by atoms with Gasteiger partial charge in [-0.1, -0.05) is 38.0 Å². The lowest BCUT2D eigenvalue weighted by Crippen LogP contribution is -2.37. The summed E-state index contributed by atoms with van der Waals surface area (Å²) in [6, 6.07) is 10.4. The van der Waals surface area contributed by atoms with Crippen LogP contribution in [0.15, 0.2) is 30.3 Å². The van der Waals surface area contributed by atoms with Crippen molar-refractivity contribution < 1.29 is 4.79 Å². The van der Waals surface area contributed by atoms with E-state index >= 15 is 0 Å². The molecule has 1 aliphatic carbocycles. The van der Waals surface area contributed by atoms with Gasteiger partial charge in [0.2, 0.25) is 0 Å². The number of rotatable bonds is 3. The molecular formula is C19H23N3O. The smallest absolute Gasteiger partial charge is 0.279 e. The highest BCUT2D eigenvalue weighted by molar-refractivity contribution is 6.07. The molecule has 2 aliphatic rings. The maximum absolute atomic E-state index is 13.0. The summed E-state index contributed by atoms with van der Waals surface area (Å²) in [5, 5.41) is 4.79. The molecular weight excluding hydrogens is 286 g/mol. The highest BCUT2D eigenvalue weighted by Gasteiger charge is 2.33. The number of anilines is 1. The Balaban J connectivity index is 1.72. The van der Waals surface area contributed by atoms with Crippen molar-refractivity contribution in [2.45, 2.75) is 51.5 Å². The van der Waals surface area contributed by atoms with Gasteiger partial charge in [0.05, 0.1) is 6.04 Å². The van der Waals surface area contributed by atoms with Crippen molar-refractivity contribution in [1.29, 1.82) is 0 Å². The van der Waals surface area contributed by atoms with E-state index in [1.54, 1.807) is 0 Å². The summed E-state index contributed by atoms with van der Waals surface area (Å²) >= 11 is 0. The van der Waals surface area contributed by atoms with Crippen LogP contribution in [0.4, 0.5) is 5.69 Å². The molecule has 4 rings (SSSR count). The molecule has 0 N–H and O–H groups in total. The Morgan fingerprint density at radius 3 is 2.61 bits per heavy atom. The molecule has 4 nitrogen and oxygen atoms in total. The third-order valence-corrected chi connectivity index (χ3v) is 5.22. The minimum absolute atomic E-state index is 0.0592. The van der Waals surface area contributed by atoms with Gasteiger partial charge in [0.15, 0.2) is 5.69 Å². The van der Waals surface area contributed by atoms with Crippen LogP contribution < -0.4 is 4.90 Å². The predicted octanol–water partition coefficient (Wildman–Crippen LogP) is 3.76. The van der Waals surface area contributed by atoms with Crippen molar-refractivity contribution in [2.24, 2.45) is 0 Å². The summed E-state index contributed by atoms with van der Waals surface area (Å²) in [6.07, 6.45) is 6.82. The molecule has 23 heavy (non-hydrogen) atoms. The van der Waals surface area contributed by atoms with E-state index in [0.29, 0.717) is 11.7 Å². The van der Waals surface area contributed by atoms with E-state index in [0.717, 1.165) is 25.1 Å². The Morgan fingerprint density at radius 1 is 1.17 bits per heavy atom. The first-order valence-corrected chi connectivity index (χ1v) is 8.76. The number of amides is 1. The highest BCUT2D eigenvalue weighted by atomic mass is 16.2. The van der Waals surface area contributed by atoms with Gasteiger partial charge in [0.25, 0.3) is 5.91 Å². The number of aromatic nitrogens is 2. The van der Waals surface area contributed by atoms with Crippen LogP contribution in [0.2, 0.25) is 0 Å². The number of hydrogen-bond donors (Lipinski definition) is 0. The molecule has 0 radical (unpaired) electrons. The summed E-state index contributed by atoms with van der Waals surface area (Å²) in [6.45, 7) is 2.93. The third-order valence-electron chi connectivity index (χ3n) is 5.22. The molecule has 120 valence electrons. The lowest BCUT2D eigenvalue weighted by molar-refractivity contribution is 0.0975. The Morgan fingerprint density at radius 2 is 1.91 bits per heavy atom. The van der Waals surface area contributed by atoms with Gasteiger partial charge in [-0.25, -0.2) is 0 Å². The molecule has 0 atom stereocenters. The van der Waals surface area contributed by atoms with E-state index in [1.807, 2.05) is 35.2 Å². The number of hydrogen-bond acceptors (Lipinski definition) is 2. The second-order valence-corrected chi connectivity index (χ2v) is 6.55. The Labute approximate surface area is 137 Å². The number of carbonyl (C=O) groups is 1. The van der Waals surface area contributed by atoms with Crippen molar-refractivity contribution >= 4 is 11.6 Å². The fourth-order valence-corrected chi connectivity index (χ4v) is 4.07. The van der Waals surface area contributed by atoms with Crippen LogP contribution in [0, 0.1) is 0 Å². The SMILES string of the molecule is CCc1c2c(nn1C1CCCC1)C(=O)N(c1ccccc1)CC2. The first kappa shape index (κ1) is 14.5. The maximum Gasteiger partial charge on any atom is 0.279 e. The first-order valence-electron chi connectivity index (χ1n) is 8.76.